The molecule has 4 heteroatoms. The largest absolute Gasteiger partial charge is 0.352 e. The van der Waals surface area contributed by atoms with Crippen LogP contribution in [0.5, 0.6) is 0 Å². The zero-order valence-electron chi connectivity index (χ0n) is 15.3. The van der Waals surface area contributed by atoms with Gasteiger partial charge in [-0.3, -0.25) is 4.79 Å². The van der Waals surface area contributed by atoms with Crippen LogP contribution < -0.4 is 5.32 Å². The Hall–Kier alpha value is -2.07. The van der Waals surface area contributed by atoms with Gasteiger partial charge >= 0.3 is 0 Å². The highest BCUT2D eigenvalue weighted by Crippen LogP contribution is 2.18. The van der Waals surface area contributed by atoms with Crippen molar-refractivity contribution < 1.29 is 4.79 Å². The summed E-state index contributed by atoms with van der Waals surface area (Å²) >= 11 is 0. The van der Waals surface area contributed by atoms with E-state index in [0.717, 1.165) is 36.8 Å². The van der Waals surface area contributed by atoms with Crippen molar-refractivity contribution in [2.45, 2.75) is 26.7 Å². The minimum Gasteiger partial charge on any atom is -0.352 e. The van der Waals surface area contributed by atoms with Crippen molar-refractivity contribution in [3.63, 3.8) is 0 Å². The van der Waals surface area contributed by atoms with Crippen molar-refractivity contribution in [2.75, 3.05) is 26.2 Å². The number of aromatic nitrogens is 1. The van der Waals surface area contributed by atoms with E-state index >= 15 is 0 Å². The van der Waals surface area contributed by atoms with Gasteiger partial charge < -0.3 is 14.8 Å². The van der Waals surface area contributed by atoms with Gasteiger partial charge in [0.1, 0.15) is 0 Å². The molecule has 1 fully saturated rings. The molecule has 4 nitrogen and oxygen atoms in total. The highest BCUT2D eigenvalue weighted by Gasteiger charge is 2.20. The minimum atomic E-state index is 0.0265. The predicted octanol–water partition coefficient (Wildman–Crippen LogP) is 3.58. The summed E-state index contributed by atoms with van der Waals surface area (Å²) < 4.78 is 2.02. The predicted molar refractivity (Wildman–Crippen MR) is 102 cm³/mol. The molecule has 0 unspecified atom stereocenters. The van der Waals surface area contributed by atoms with Crippen molar-refractivity contribution in [3.8, 4) is 5.69 Å². The Labute approximate surface area is 150 Å². The lowest BCUT2D eigenvalue weighted by molar-refractivity contribution is 0.0934. The van der Waals surface area contributed by atoms with Gasteiger partial charge in [0, 0.05) is 36.7 Å². The molecule has 25 heavy (non-hydrogen) atoms. The van der Waals surface area contributed by atoms with Crippen LogP contribution in [0.15, 0.2) is 48.8 Å². The average molecular weight is 339 g/mol. The lowest BCUT2D eigenvalue weighted by atomic mass is 9.96. The van der Waals surface area contributed by atoms with Gasteiger partial charge in [-0.25, -0.2) is 0 Å². The van der Waals surface area contributed by atoms with E-state index in [-0.39, 0.29) is 5.91 Å². The molecule has 0 radical (unpaired) electrons. The molecule has 1 aliphatic heterocycles. The maximum Gasteiger partial charge on any atom is 0.251 e. The lowest BCUT2D eigenvalue weighted by Crippen LogP contribution is -2.40. The highest BCUT2D eigenvalue weighted by molar-refractivity contribution is 5.94. The number of piperidine rings is 1. The summed E-state index contributed by atoms with van der Waals surface area (Å²) in [7, 11) is 0. The number of benzene rings is 1. The Morgan fingerprint density at radius 3 is 2.56 bits per heavy atom. The van der Waals surface area contributed by atoms with E-state index in [1.807, 2.05) is 53.4 Å². The smallest absolute Gasteiger partial charge is 0.251 e. The molecule has 3 rings (SSSR count). The van der Waals surface area contributed by atoms with Crippen LogP contribution in [-0.2, 0) is 0 Å². The second kappa shape index (κ2) is 8.34. The van der Waals surface area contributed by atoms with Crippen molar-refractivity contribution in [2.24, 2.45) is 11.8 Å². The molecular weight excluding hydrogens is 310 g/mol. The first-order valence-corrected chi connectivity index (χ1v) is 9.36. The molecule has 0 spiro atoms. The van der Waals surface area contributed by atoms with Crippen LogP contribution in [0.1, 0.15) is 37.0 Å². The molecule has 1 saturated heterocycles. The van der Waals surface area contributed by atoms with Crippen LogP contribution in [-0.4, -0.2) is 41.6 Å². The molecular formula is C21H29N3O. The quantitative estimate of drug-likeness (QED) is 0.873. The topological polar surface area (TPSA) is 37.3 Å². The number of likely N-dealkylation sites (tertiary alicyclic amines) is 1. The van der Waals surface area contributed by atoms with Gasteiger partial charge in [-0.1, -0.05) is 19.9 Å². The summed E-state index contributed by atoms with van der Waals surface area (Å²) in [6, 6.07) is 11.8. The number of nitrogens with zero attached hydrogens (tertiary/aromatic N) is 2. The summed E-state index contributed by atoms with van der Waals surface area (Å²) in [5, 5.41) is 3.13. The molecule has 1 amide bonds. The van der Waals surface area contributed by atoms with Crippen LogP contribution in [0.25, 0.3) is 5.69 Å². The fourth-order valence-electron chi connectivity index (χ4n) is 3.54. The minimum absolute atomic E-state index is 0.0265. The van der Waals surface area contributed by atoms with E-state index in [1.54, 1.807) is 0 Å². The standard InChI is InChI=1S/C21H29N3O/c1-17(2)16-23-12-8-18(9-13-23)15-22-21(25)19-6-5-7-20(14-19)24-10-3-4-11-24/h3-7,10-11,14,17-18H,8-9,12-13,15-16H2,1-2H3,(H,22,25). The Morgan fingerprint density at radius 1 is 1.16 bits per heavy atom. The van der Waals surface area contributed by atoms with Gasteiger partial charge in [-0.2, -0.15) is 0 Å². The molecule has 1 aliphatic rings. The molecule has 0 aliphatic carbocycles. The molecule has 0 bridgehead atoms. The number of carbonyl (C=O) groups is 1. The SMILES string of the molecule is CC(C)CN1CCC(CNC(=O)c2cccc(-n3cccc3)c2)CC1. The van der Waals surface area contributed by atoms with Gasteiger partial charge in [0.25, 0.3) is 5.91 Å². The highest BCUT2D eigenvalue weighted by atomic mass is 16.1. The molecule has 0 saturated carbocycles. The first-order valence-electron chi connectivity index (χ1n) is 9.36. The van der Waals surface area contributed by atoms with Gasteiger partial charge in [-0.05, 0) is 68.1 Å². The Kier molecular flexibility index (Phi) is 5.92. The van der Waals surface area contributed by atoms with Gasteiger partial charge in [0.2, 0.25) is 0 Å². The lowest BCUT2D eigenvalue weighted by Gasteiger charge is -2.33. The number of rotatable bonds is 6. The third kappa shape index (κ3) is 4.95. The van der Waals surface area contributed by atoms with Crippen LogP contribution in [0.4, 0.5) is 0 Å². The van der Waals surface area contributed by atoms with Crippen LogP contribution in [0, 0.1) is 11.8 Å². The first kappa shape index (κ1) is 17.7. The number of hydrogen-bond acceptors (Lipinski definition) is 2. The fourth-order valence-corrected chi connectivity index (χ4v) is 3.54. The van der Waals surface area contributed by atoms with E-state index in [4.69, 9.17) is 0 Å². The second-order valence-corrected chi connectivity index (χ2v) is 7.49. The summed E-state index contributed by atoms with van der Waals surface area (Å²) in [4.78, 5) is 15.0. The van der Waals surface area contributed by atoms with Crippen LogP contribution in [0.3, 0.4) is 0 Å². The normalized spacial score (nSPS) is 16.3. The summed E-state index contributed by atoms with van der Waals surface area (Å²) in [6.45, 7) is 8.82. The maximum absolute atomic E-state index is 12.5. The van der Waals surface area contributed by atoms with Crippen molar-refractivity contribution in [1.82, 2.24) is 14.8 Å². The van der Waals surface area contributed by atoms with E-state index in [1.165, 1.54) is 19.4 Å². The fraction of sp³-hybridized carbons (Fsp3) is 0.476. The van der Waals surface area contributed by atoms with E-state index in [0.29, 0.717) is 5.92 Å². The van der Waals surface area contributed by atoms with E-state index in [2.05, 4.69) is 24.1 Å². The number of carbonyl (C=O) groups excluding carboxylic acids is 1. The average Bonchev–Trinajstić information content (AvgIpc) is 3.15. The maximum atomic E-state index is 12.5. The summed E-state index contributed by atoms with van der Waals surface area (Å²) in [5.41, 5.74) is 1.74. The van der Waals surface area contributed by atoms with Crippen molar-refractivity contribution in [1.29, 1.82) is 0 Å². The zero-order valence-corrected chi connectivity index (χ0v) is 15.3. The number of amides is 1. The van der Waals surface area contributed by atoms with E-state index in [9.17, 15) is 4.79 Å². The van der Waals surface area contributed by atoms with Gasteiger partial charge in [0.15, 0.2) is 0 Å². The van der Waals surface area contributed by atoms with Crippen LogP contribution in [0.2, 0.25) is 0 Å². The molecule has 2 heterocycles. The number of nitrogens with one attached hydrogen (secondary N) is 1. The molecule has 0 atom stereocenters. The second-order valence-electron chi connectivity index (χ2n) is 7.49. The van der Waals surface area contributed by atoms with Crippen molar-refractivity contribution >= 4 is 5.91 Å². The molecule has 1 aromatic heterocycles. The Balaban J connectivity index is 1.49. The van der Waals surface area contributed by atoms with Gasteiger partial charge in [0.05, 0.1) is 0 Å². The van der Waals surface area contributed by atoms with Crippen molar-refractivity contribution in [3.05, 3.63) is 54.4 Å². The Bertz CT molecular complexity index is 670. The van der Waals surface area contributed by atoms with Crippen LogP contribution >= 0.6 is 0 Å². The molecule has 1 aromatic carbocycles. The first-order chi connectivity index (χ1) is 12.1. The number of hydrogen-bond donors (Lipinski definition) is 1. The third-order valence-corrected chi connectivity index (χ3v) is 4.89. The zero-order chi connectivity index (χ0) is 17.6. The third-order valence-electron chi connectivity index (χ3n) is 4.89. The van der Waals surface area contributed by atoms with E-state index < -0.39 is 0 Å². The molecule has 134 valence electrons. The molecule has 2 aromatic rings. The van der Waals surface area contributed by atoms with Gasteiger partial charge in [-0.15, -0.1) is 0 Å². The summed E-state index contributed by atoms with van der Waals surface area (Å²) in [5.74, 6) is 1.35. The molecule has 1 N–H and O–H groups in total. The monoisotopic (exact) mass is 339 g/mol. The summed E-state index contributed by atoms with van der Waals surface area (Å²) in [6.07, 6.45) is 6.33. The Morgan fingerprint density at radius 2 is 1.88 bits per heavy atom.